The number of rotatable bonds is 10. The van der Waals surface area contributed by atoms with Crippen LogP contribution >= 0.6 is 0 Å². The fraction of sp³-hybridized carbons (Fsp3) is 0.541. The summed E-state index contributed by atoms with van der Waals surface area (Å²) in [6, 6.07) is 12.6. The number of nitrogens with zero attached hydrogens (tertiary/aromatic N) is 1. The Hall–Kier alpha value is -3.85. The highest BCUT2D eigenvalue weighted by Gasteiger charge is 2.72. The second-order valence-electron chi connectivity index (χ2n) is 13.8. The first kappa shape index (κ1) is 32.1. The molecule has 46 heavy (non-hydrogen) atoms. The van der Waals surface area contributed by atoms with E-state index >= 15 is 0 Å². The molecule has 3 amide bonds. The molecule has 3 aliphatic heterocycles. The number of fused-ring (bicyclic) bond motifs is 1. The fourth-order valence-electron chi connectivity index (χ4n) is 8.02. The van der Waals surface area contributed by atoms with Crippen LogP contribution in [0, 0.1) is 23.7 Å². The van der Waals surface area contributed by atoms with Crippen molar-refractivity contribution < 1.29 is 28.6 Å². The van der Waals surface area contributed by atoms with Crippen molar-refractivity contribution in [3.05, 3.63) is 65.7 Å². The number of carbonyl (C=O) groups is 3. The fourth-order valence-corrected chi connectivity index (χ4v) is 8.02. The lowest BCUT2D eigenvalue weighted by Crippen LogP contribution is -2.58. The number of amides is 3. The highest BCUT2D eigenvalue weighted by molar-refractivity contribution is 6.02. The molecule has 3 heterocycles. The van der Waals surface area contributed by atoms with Crippen LogP contribution in [0.15, 0.2) is 54.6 Å². The first-order valence-corrected chi connectivity index (χ1v) is 16.7. The summed E-state index contributed by atoms with van der Waals surface area (Å²) in [5.74, 6) is 0.128. The van der Waals surface area contributed by atoms with Gasteiger partial charge in [-0.2, -0.15) is 0 Å². The highest BCUT2D eigenvalue weighted by Crippen LogP contribution is 2.55. The minimum Gasteiger partial charge on any atom is -0.493 e. The number of nitrogens with one attached hydrogen (secondary N) is 2. The van der Waals surface area contributed by atoms with Gasteiger partial charge in [0.05, 0.1) is 32.2 Å². The molecule has 9 heteroatoms. The van der Waals surface area contributed by atoms with Crippen LogP contribution in [0.4, 0.5) is 5.69 Å². The minimum atomic E-state index is -1.21. The third kappa shape index (κ3) is 5.57. The van der Waals surface area contributed by atoms with E-state index in [-0.39, 0.29) is 30.3 Å². The Bertz CT molecular complexity index is 1500. The van der Waals surface area contributed by atoms with Crippen LogP contribution in [-0.2, 0) is 25.5 Å². The normalized spacial score (nSPS) is 31.2. The molecule has 2 bridgehead atoms. The van der Waals surface area contributed by atoms with E-state index in [1.807, 2.05) is 54.6 Å². The second-order valence-corrected chi connectivity index (χ2v) is 13.8. The molecule has 8 atom stereocenters. The Morgan fingerprint density at radius 2 is 1.76 bits per heavy atom. The molecule has 1 saturated carbocycles. The van der Waals surface area contributed by atoms with Crippen LogP contribution < -0.4 is 20.1 Å². The maximum atomic E-state index is 14.4. The molecule has 2 N–H and O–H groups in total. The zero-order chi connectivity index (χ0) is 32.7. The summed E-state index contributed by atoms with van der Waals surface area (Å²) in [6.45, 7) is 8.95. The van der Waals surface area contributed by atoms with E-state index in [0.717, 1.165) is 24.8 Å². The Kier molecular flexibility index (Phi) is 8.89. The van der Waals surface area contributed by atoms with E-state index in [2.05, 4.69) is 38.3 Å². The molecule has 2 aromatic rings. The van der Waals surface area contributed by atoms with E-state index in [9.17, 15) is 14.4 Å². The summed E-state index contributed by atoms with van der Waals surface area (Å²) in [4.78, 5) is 44.3. The number of carbonyl (C=O) groups excluding carboxylic acids is 3. The Morgan fingerprint density at radius 3 is 2.46 bits per heavy atom. The average Bonchev–Trinajstić information content (AvgIpc) is 3.69. The third-order valence-corrected chi connectivity index (χ3v) is 10.9. The molecule has 4 aliphatic rings. The lowest BCUT2D eigenvalue weighted by Gasteiger charge is -2.38. The molecule has 0 radical (unpaired) electrons. The van der Waals surface area contributed by atoms with Crippen molar-refractivity contribution in [2.24, 2.45) is 23.7 Å². The number of anilines is 1. The summed E-state index contributed by atoms with van der Waals surface area (Å²) in [6.07, 6.45) is 6.73. The second kappa shape index (κ2) is 12.7. The number of hydrogen-bond acceptors (Lipinski definition) is 6. The van der Waals surface area contributed by atoms with E-state index in [4.69, 9.17) is 14.2 Å². The standard InChI is InChI=1S/C37H47N3O6/c1-21(2)25-11-13-26(14-12-25)38-34(41)31-29-16-18-37(46-29)32(31)36(43)40(19-17-24-10-15-28(44-5)30(20-24)45-6)33(37)35(42)39-27-9-7-8-22(3)23(27)4/h10-16,18,20-23,27,29,31-33H,7-9,17,19H2,1-6H3,(H,38,41)(H,39,42)/t22-,23-,27-,29-,31-,32-,33+,37+/m1/s1. The predicted molar refractivity (Wildman–Crippen MR) is 176 cm³/mol. The van der Waals surface area contributed by atoms with Crippen molar-refractivity contribution in [3.8, 4) is 11.5 Å². The zero-order valence-electron chi connectivity index (χ0n) is 27.7. The molecular weight excluding hydrogens is 582 g/mol. The summed E-state index contributed by atoms with van der Waals surface area (Å²) in [7, 11) is 3.18. The summed E-state index contributed by atoms with van der Waals surface area (Å²) >= 11 is 0. The van der Waals surface area contributed by atoms with Gasteiger partial charge in [-0.1, -0.05) is 70.9 Å². The Morgan fingerprint density at radius 1 is 1.02 bits per heavy atom. The van der Waals surface area contributed by atoms with Gasteiger partial charge in [0.25, 0.3) is 0 Å². The van der Waals surface area contributed by atoms with E-state index in [0.29, 0.717) is 41.4 Å². The van der Waals surface area contributed by atoms with Crippen LogP contribution in [0.2, 0.25) is 0 Å². The quantitative estimate of drug-likeness (QED) is 0.355. The summed E-state index contributed by atoms with van der Waals surface area (Å²) in [5.41, 5.74) is 1.57. The predicted octanol–water partition coefficient (Wildman–Crippen LogP) is 5.10. The molecule has 2 aromatic carbocycles. The molecule has 3 fully saturated rings. The summed E-state index contributed by atoms with van der Waals surface area (Å²) in [5, 5.41) is 6.36. The SMILES string of the molecule is COc1ccc(CCN2C(=O)[C@H]3[C@H](C(=O)Nc4ccc(C(C)C)cc4)[C@H]4C=C[C@@]3(O4)[C@@H]2C(=O)N[C@@H]2CCC[C@@H](C)[C@H]2C)cc1OC. The van der Waals surface area contributed by atoms with Gasteiger partial charge in [0.15, 0.2) is 11.5 Å². The molecule has 1 spiro atoms. The van der Waals surface area contributed by atoms with Gasteiger partial charge >= 0.3 is 0 Å². The van der Waals surface area contributed by atoms with Crippen molar-refractivity contribution in [1.29, 1.82) is 0 Å². The van der Waals surface area contributed by atoms with Gasteiger partial charge in [-0.25, -0.2) is 0 Å². The van der Waals surface area contributed by atoms with Crippen molar-refractivity contribution in [2.75, 3.05) is 26.1 Å². The van der Waals surface area contributed by atoms with Crippen LogP contribution in [0.3, 0.4) is 0 Å². The molecule has 6 rings (SSSR count). The Labute approximate surface area is 272 Å². The number of benzene rings is 2. The number of hydrogen-bond donors (Lipinski definition) is 2. The lowest BCUT2D eigenvalue weighted by atomic mass is 9.73. The zero-order valence-corrected chi connectivity index (χ0v) is 27.7. The number of likely N-dealkylation sites (tertiary alicyclic amines) is 1. The van der Waals surface area contributed by atoms with Gasteiger partial charge in [0, 0.05) is 18.3 Å². The van der Waals surface area contributed by atoms with Crippen LogP contribution in [0.1, 0.15) is 64.0 Å². The molecule has 2 saturated heterocycles. The van der Waals surface area contributed by atoms with Gasteiger partial charge < -0.3 is 29.7 Å². The van der Waals surface area contributed by atoms with Crippen molar-refractivity contribution in [2.45, 2.75) is 83.1 Å². The van der Waals surface area contributed by atoms with Gasteiger partial charge in [-0.3, -0.25) is 14.4 Å². The van der Waals surface area contributed by atoms with Gasteiger partial charge in [0.2, 0.25) is 17.7 Å². The molecule has 0 unspecified atom stereocenters. The van der Waals surface area contributed by atoms with Crippen LogP contribution in [0.5, 0.6) is 11.5 Å². The average molecular weight is 630 g/mol. The third-order valence-electron chi connectivity index (χ3n) is 10.9. The van der Waals surface area contributed by atoms with Crippen molar-refractivity contribution in [1.82, 2.24) is 10.2 Å². The molecule has 9 nitrogen and oxygen atoms in total. The number of methoxy groups -OCH3 is 2. The van der Waals surface area contributed by atoms with Gasteiger partial charge in [0.1, 0.15) is 11.6 Å². The smallest absolute Gasteiger partial charge is 0.246 e. The number of ether oxygens (including phenoxy) is 3. The van der Waals surface area contributed by atoms with E-state index in [1.165, 1.54) is 5.56 Å². The molecule has 0 aromatic heterocycles. The molecule has 246 valence electrons. The highest BCUT2D eigenvalue weighted by atomic mass is 16.5. The lowest BCUT2D eigenvalue weighted by molar-refractivity contribution is -0.141. The van der Waals surface area contributed by atoms with Gasteiger partial charge in [-0.15, -0.1) is 0 Å². The first-order chi connectivity index (χ1) is 22.1. The van der Waals surface area contributed by atoms with E-state index < -0.39 is 29.6 Å². The first-order valence-electron chi connectivity index (χ1n) is 16.7. The van der Waals surface area contributed by atoms with Crippen molar-refractivity contribution >= 4 is 23.4 Å². The minimum absolute atomic E-state index is 0.0185. The topological polar surface area (TPSA) is 106 Å². The van der Waals surface area contributed by atoms with E-state index in [1.54, 1.807) is 19.1 Å². The van der Waals surface area contributed by atoms with Crippen LogP contribution in [-0.4, -0.2) is 67.2 Å². The maximum absolute atomic E-state index is 14.4. The monoisotopic (exact) mass is 629 g/mol. The van der Waals surface area contributed by atoms with Crippen molar-refractivity contribution in [3.63, 3.8) is 0 Å². The molecular formula is C37H47N3O6. The summed E-state index contributed by atoms with van der Waals surface area (Å²) < 4.78 is 17.5. The van der Waals surface area contributed by atoms with Gasteiger partial charge in [-0.05, 0) is 66.0 Å². The molecule has 1 aliphatic carbocycles. The van der Waals surface area contributed by atoms with Crippen LogP contribution in [0.25, 0.3) is 0 Å². The largest absolute Gasteiger partial charge is 0.493 e. The maximum Gasteiger partial charge on any atom is 0.246 e. The Balaban J connectivity index is 1.28.